The first-order valence-electron chi connectivity index (χ1n) is 10.1. The molecule has 2 N–H and O–H groups in total. The van der Waals surface area contributed by atoms with Gasteiger partial charge in [-0.05, 0) is 57.0 Å². The number of nitrogens with zero attached hydrogens (tertiary/aromatic N) is 1. The predicted octanol–water partition coefficient (Wildman–Crippen LogP) is 3.73. The number of ether oxygens (including phenoxy) is 1. The van der Waals surface area contributed by atoms with E-state index in [2.05, 4.69) is 5.32 Å². The zero-order valence-electron chi connectivity index (χ0n) is 17.2. The molecule has 2 aromatic rings. The Hall–Kier alpha value is -3.35. The number of aromatic carboxylic acids is 1. The van der Waals surface area contributed by atoms with Crippen LogP contribution in [-0.2, 0) is 9.53 Å². The molecule has 1 atom stereocenters. The number of nitrogens with one attached hydrogen (secondary N) is 1. The molecular formula is C23H26N2O5. The summed E-state index contributed by atoms with van der Waals surface area (Å²) in [5.74, 6) is -1.92. The zero-order valence-corrected chi connectivity index (χ0v) is 17.2. The average molecular weight is 410 g/mol. The molecule has 1 aliphatic rings. The maximum atomic E-state index is 12.5. The molecule has 1 amide bonds. The molecule has 3 rings (SSSR count). The zero-order chi connectivity index (χ0) is 21.7. The Labute approximate surface area is 175 Å². The largest absolute Gasteiger partial charge is 0.478 e. The molecule has 158 valence electrons. The fraction of sp³-hybridized carbons (Fsp3) is 0.348. The normalized spacial score (nSPS) is 16.1. The summed E-state index contributed by atoms with van der Waals surface area (Å²) in [6.07, 6.45) is 1.50. The van der Waals surface area contributed by atoms with E-state index in [9.17, 15) is 19.5 Å². The van der Waals surface area contributed by atoms with E-state index in [1.165, 1.54) is 6.07 Å². The van der Waals surface area contributed by atoms with Crippen molar-refractivity contribution in [1.29, 1.82) is 0 Å². The molecule has 2 aromatic carbocycles. The summed E-state index contributed by atoms with van der Waals surface area (Å²) < 4.78 is 5.13. The summed E-state index contributed by atoms with van der Waals surface area (Å²) in [7, 11) is 0. The Morgan fingerprint density at radius 1 is 1.17 bits per heavy atom. The van der Waals surface area contributed by atoms with Gasteiger partial charge in [-0.3, -0.25) is 9.59 Å². The Morgan fingerprint density at radius 3 is 2.57 bits per heavy atom. The minimum absolute atomic E-state index is 0.0845. The molecule has 0 aromatic heterocycles. The van der Waals surface area contributed by atoms with Gasteiger partial charge < -0.3 is 20.1 Å². The number of carboxylic acids is 1. The van der Waals surface area contributed by atoms with Crippen LogP contribution in [0.4, 0.5) is 11.4 Å². The van der Waals surface area contributed by atoms with Gasteiger partial charge >= 0.3 is 11.9 Å². The molecule has 0 saturated carbocycles. The van der Waals surface area contributed by atoms with Crippen LogP contribution in [0.2, 0.25) is 0 Å². The van der Waals surface area contributed by atoms with Crippen molar-refractivity contribution in [3.8, 4) is 0 Å². The maximum Gasteiger partial charge on any atom is 0.337 e. The highest BCUT2D eigenvalue weighted by atomic mass is 16.5. The van der Waals surface area contributed by atoms with E-state index in [4.69, 9.17) is 4.74 Å². The third kappa shape index (κ3) is 4.97. The van der Waals surface area contributed by atoms with Crippen LogP contribution in [0.1, 0.15) is 46.0 Å². The molecule has 0 bridgehead atoms. The third-order valence-corrected chi connectivity index (χ3v) is 5.18. The van der Waals surface area contributed by atoms with Crippen molar-refractivity contribution in [2.45, 2.75) is 26.7 Å². The van der Waals surface area contributed by atoms with E-state index in [0.29, 0.717) is 36.6 Å². The van der Waals surface area contributed by atoms with Crippen molar-refractivity contribution in [2.24, 2.45) is 5.92 Å². The molecule has 0 spiro atoms. The number of benzene rings is 2. The van der Waals surface area contributed by atoms with Gasteiger partial charge in [0.25, 0.3) is 5.91 Å². The van der Waals surface area contributed by atoms with Crippen LogP contribution in [0.3, 0.4) is 0 Å². The Bertz CT molecular complexity index is 939. The quantitative estimate of drug-likeness (QED) is 0.705. The molecule has 7 nitrogen and oxygen atoms in total. The third-order valence-electron chi connectivity index (χ3n) is 5.18. The van der Waals surface area contributed by atoms with E-state index in [-0.39, 0.29) is 23.4 Å². The minimum Gasteiger partial charge on any atom is -0.478 e. The van der Waals surface area contributed by atoms with Crippen LogP contribution in [0.25, 0.3) is 0 Å². The van der Waals surface area contributed by atoms with Crippen LogP contribution >= 0.6 is 0 Å². The van der Waals surface area contributed by atoms with Gasteiger partial charge in [-0.25, -0.2) is 4.79 Å². The summed E-state index contributed by atoms with van der Waals surface area (Å²) in [4.78, 5) is 38.4. The summed E-state index contributed by atoms with van der Waals surface area (Å²) in [5, 5.41) is 12.5. The standard InChI is InChI=1S/C23H26N2O5/c1-3-30-23(29)17-5-4-12-25(14-17)20-11-10-18(13-19(20)22(27)28)24-21(26)16-8-6-15(2)7-9-16/h6-11,13,17H,3-5,12,14H2,1-2H3,(H,24,26)(H,27,28)/t17-/m1/s1. The predicted molar refractivity (Wildman–Crippen MR) is 114 cm³/mol. The number of piperidine rings is 1. The van der Waals surface area contributed by atoms with Crippen molar-refractivity contribution < 1.29 is 24.2 Å². The van der Waals surface area contributed by atoms with E-state index in [1.54, 1.807) is 31.2 Å². The molecule has 0 unspecified atom stereocenters. The van der Waals surface area contributed by atoms with E-state index in [1.807, 2.05) is 24.0 Å². The van der Waals surface area contributed by atoms with Gasteiger partial charge in [0.05, 0.1) is 23.8 Å². The van der Waals surface area contributed by atoms with Crippen molar-refractivity contribution >= 4 is 29.2 Å². The lowest BCUT2D eigenvalue weighted by Crippen LogP contribution is -2.40. The Balaban J connectivity index is 1.79. The van der Waals surface area contributed by atoms with Crippen molar-refractivity contribution in [3.05, 3.63) is 59.2 Å². The van der Waals surface area contributed by atoms with Gasteiger partial charge in [0.15, 0.2) is 0 Å². The smallest absolute Gasteiger partial charge is 0.337 e. The highest BCUT2D eigenvalue weighted by Crippen LogP contribution is 2.29. The number of carbonyl (C=O) groups is 3. The number of aryl methyl sites for hydroxylation is 1. The van der Waals surface area contributed by atoms with Crippen molar-refractivity contribution in [2.75, 3.05) is 29.9 Å². The van der Waals surface area contributed by atoms with Crippen molar-refractivity contribution in [1.82, 2.24) is 0 Å². The second-order valence-corrected chi connectivity index (χ2v) is 7.39. The second kappa shape index (κ2) is 9.43. The molecule has 30 heavy (non-hydrogen) atoms. The minimum atomic E-state index is -1.09. The first kappa shape index (κ1) is 21.4. The number of carbonyl (C=O) groups excluding carboxylic acids is 2. The van der Waals surface area contributed by atoms with Gasteiger partial charge in [-0.1, -0.05) is 17.7 Å². The van der Waals surface area contributed by atoms with Crippen LogP contribution in [-0.4, -0.2) is 42.6 Å². The van der Waals surface area contributed by atoms with E-state index < -0.39 is 5.97 Å². The molecule has 1 heterocycles. The van der Waals surface area contributed by atoms with Crippen LogP contribution in [0.5, 0.6) is 0 Å². The Kier molecular flexibility index (Phi) is 6.72. The summed E-state index contributed by atoms with van der Waals surface area (Å²) in [5.41, 5.74) is 2.56. The van der Waals surface area contributed by atoms with Gasteiger partial charge in [-0.15, -0.1) is 0 Å². The number of hydrogen-bond donors (Lipinski definition) is 2. The van der Waals surface area contributed by atoms with Crippen LogP contribution in [0, 0.1) is 12.8 Å². The lowest BCUT2D eigenvalue weighted by atomic mass is 9.96. The monoisotopic (exact) mass is 410 g/mol. The van der Waals surface area contributed by atoms with Crippen molar-refractivity contribution in [3.63, 3.8) is 0 Å². The van der Waals surface area contributed by atoms with Gasteiger partial charge in [0.2, 0.25) is 0 Å². The molecule has 0 aliphatic carbocycles. The molecule has 1 aliphatic heterocycles. The maximum absolute atomic E-state index is 12.5. The van der Waals surface area contributed by atoms with Gasteiger partial charge in [0.1, 0.15) is 0 Å². The van der Waals surface area contributed by atoms with Gasteiger partial charge in [-0.2, -0.15) is 0 Å². The number of rotatable bonds is 6. The number of amides is 1. The Morgan fingerprint density at radius 2 is 1.90 bits per heavy atom. The lowest BCUT2D eigenvalue weighted by Gasteiger charge is -2.34. The molecule has 1 fully saturated rings. The number of carboxylic acid groups (broad SMARTS) is 1. The van der Waals surface area contributed by atoms with Crippen LogP contribution < -0.4 is 10.2 Å². The number of esters is 1. The molecule has 1 saturated heterocycles. The van der Waals surface area contributed by atoms with E-state index >= 15 is 0 Å². The molecule has 0 radical (unpaired) electrons. The number of anilines is 2. The SMILES string of the molecule is CCOC(=O)[C@@H]1CCCN(c2ccc(NC(=O)c3ccc(C)cc3)cc2C(=O)O)C1. The summed E-state index contributed by atoms with van der Waals surface area (Å²) >= 11 is 0. The summed E-state index contributed by atoms with van der Waals surface area (Å²) in [6.45, 7) is 5.10. The van der Waals surface area contributed by atoms with Gasteiger partial charge in [0, 0.05) is 24.3 Å². The first-order valence-corrected chi connectivity index (χ1v) is 10.1. The van der Waals surface area contributed by atoms with E-state index in [0.717, 1.165) is 18.4 Å². The highest BCUT2D eigenvalue weighted by Gasteiger charge is 2.29. The molecular weight excluding hydrogens is 384 g/mol. The first-order chi connectivity index (χ1) is 14.4. The molecule has 7 heteroatoms. The number of hydrogen-bond acceptors (Lipinski definition) is 5. The lowest BCUT2D eigenvalue weighted by molar-refractivity contribution is -0.148. The fourth-order valence-electron chi connectivity index (χ4n) is 3.62. The fourth-order valence-corrected chi connectivity index (χ4v) is 3.62. The second-order valence-electron chi connectivity index (χ2n) is 7.39. The average Bonchev–Trinajstić information content (AvgIpc) is 2.74. The highest BCUT2D eigenvalue weighted by molar-refractivity contribution is 6.05. The summed E-state index contributed by atoms with van der Waals surface area (Å²) in [6, 6.07) is 12.0. The topological polar surface area (TPSA) is 95.9 Å². The van der Waals surface area contributed by atoms with Crippen LogP contribution in [0.15, 0.2) is 42.5 Å².